The number of anilines is 1. The van der Waals surface area contributed by atoms with Gasteiger partial charge in [-0.2, -0.15) is 5.10 Å². The Morgan fingerprint density at radius 3 is 2.59 bits per heavy atom. The molecule has 2 aliphatic heterocycles. The molecule has 2 aliphatic rings. The van der Waals surface area contributed by atoms with E-state index in [4.69, 9.17) is 4.84 Å². The molecule has 3 aromatic rings. The van der Waals surface area contributed by atoms with Crippen LogP contribution in [0.1, 0.15) is 11.3 Å². The topological polar surface area (TPSA) is 76.8 Å². The molecule has 0 bridgehead atoms. The molecule has 0 unspecified atom stereocenters. The average molecular weight is 360 g/mol. The summed E-state index contributed by atoms with van der Waals surface area (Å²) in [6.45, 7) is 1.84. The molecule has 2 amide bonds. The minimum Gasteiger partial charge on any atom is -0.381 e. The van der Waals surface area contributed by atoms with Crippen LogP contribution >= 0.6 is 0 Å². The van der Waals surface area contributed by atoms with Gasteiger partial charge in [0.2, 0.25) is 12.0 Å². The fourth-order valence-corrected chi connectivity index (χ4v) is 3.89. The molecule has 27 heavy (non-hydrogen) atoms. The largest absolute Gasteiger partial charge is 0.381 e. The number of oxime groups is 1. The molecule has 7 heteroatoms. The van der Waals surface area contributed by atoms with Gasteiger partial charge in [0.25, 0.3) is 5.91 Å². The highest BCUT2D eigenvalue weighted by Gasteiger charge is 2.56. The van der Waals surface area contributed by atoms with Gasteiger partial charge in [0.15, 0.2) is 0 Å². The molecule has 0 radical (unpaired) electrons. The third kappa shape index (κ3) is 2.14. The Morgan fingerprint density at radius 1 is 1.04 bits per heavy atom. The summed E-state index contributed by atoms with van der Waals surface area (Å²) in [4.78, 5) is 32.9. The molecule has 2 aromatic carbocycles. The van der Waals surface area contributed by atoms with Crippen molar-refractivity contribution in [2.24, 2.45) is 18.1 Å². The van der Waals surface area contributed by atoms with E-state index in [1.165, 1.54) is 4.90 Å². The van der Waals surface area contributed by atoms with Crippen molar-refractivity contribution in [1.82, 2.24) is 9.78 Å². The lowest BCUT2D eigenvalue weighted by atomic mass is 9.94. The number of nitrogens with zero attached hydrogens (tertiary/aromatic N) is 4. The molecule has 7 nitrogen and oxygen atoms in total. The van der Waals surface area contributed by atoms with E-state index in [0.29, 0.717) is 11.4 Å². The number of aromatic nitrogens is 2. The third-order valence-corrected chi connectivity index (χ3v) is 5.11. The molecule has 1 fully saturated rings. The fourth-order valence-electron chi connectivity index (χ4n) is 3.89. The zero-order valence-corrected chi connectivity index (χ0v) is 14.8. The predicted octanol–water partition coefficient (Wildman–Crippen LogP) is 2.17. The quantitative estimate of drug-likeness (QED) is 0.657. The number of amides is 2. The number of hydrogen-bond donors (Lipinski definition) is 0. The van der Waals surface area contributed by atoms with Crippen LogP contribution in [0.4, 0.5) is 5.69 Å². The molecule has 134 valence electrons. The van der Waals surface area contributed by atoms with Gasteiger partial charge in [0.1, 0.15) is 11.6 Å². The lowest BCUT2D eigenvalue weighted by Crippen LogP contribution is -2.33. The maximum Gasteiger partial charge on any atom is 0.278 e. The number of rotatable bonds is 2. The summed E-state index contributed by atoms with van der Waals surface area (Å²) in [5.41, 5.74) is 2.50. The molecule has 1 aromatic heterocycles. The Bertz CT molecular complexity index is 1140. The first kappa shape index (κ1) is 15.7. The van der Waals surface area contributed by atoms with E-state index in [1.54, 1.807) is 24.0 Å². The van der Waals surface area contributed by atoms with Crippen molar-refractivity contribution in [3.8, 4) is 0 Å². The van der Waals surface area contributed by atoms with Gasteiger partial charge in [0.05, 0.1) is 11.4 Å². The van der Waals surface area contributed by atoms with Gasteiger partial charge in [-0.25, -0.2) is 4.90 Å². The summed E-state index contributed by atoms with van der Waals surface area (Å²) < 4.78 is 1.66. The first-order valence-electron chi connectivity index (χ1n) is 8.66. The van der Waals surface area contributed by atoms with E-state index in [0.717, 1.165) is 22.0 Å². The predicted molar refractivity (Wildman–Crippen MR) is 99.3 cm³/mol. The highest BCUT2D eigenvalue weighted by atomic mass is 16.6. The van der Waals surface area contributed by atoms with E-state index < -0.39 is 12.0 Å². The van der Waals surface area contributed by atoms with E-state index in [2.05, 4.69) is 10.3 Å². The van der Waals surface area contributed by atoms with Crippen molar-refractivity contribution >= 4 is 34.0 Å². The van der Waals surface area contributed by atoms with Crippen LogP contribution < -0.4 is 4.90 Å². The fraction of sp³-hybridized carbons (Fsp3) is 0.200. The number of carbonyl (C=O) groups excluding carboxylic acids is 2. The minimum absolute atomic E-state index is 0.319. The Labute approximate surface area is 154 Å². The summed E-state index contributed by atoms with van der Waals surface area (Å²) in [7, 11) is 1.80. The van der Waals surface area contributed by atoms with Crippen molar-refractivity contribution < 1.29 is 14.4 Å². The van der Waals surface area contributed by atoms with E-state index in [1.807, 2.05) is 43.3 Å². The van der Waals surface area contributed by atoms with Crippen molar-refractivity contribution in [2.75, 3.05) is 4.90 Å². The monoisotopic (exact) mass is 360 g/mol. The van der Waals surface area contributed by atoms with Gasteiger partial charge in [-0.05, 0) is 18.4 Å². The molecule has 0 saturated carbocycles. The number of aryl methyl sites for hydroxylation is 2. The Balaban J connectivity index is 1.60. The molecule has 5 rings (SSSR count). The molecular weight excluding hydrogens is 344 g/mol. The van der Waals surface area contributed by atoms with E-state index in [-0.39, 0.29) is 11.8 Å². The van der Waals surface area contributed by atoms with Crippen LogP contribution in [0.5, 0.6) is 0 Å². The Kier molecular flexibility index (Phi) is 3.21. The summed E-state index contributed by atoms with van der Waals surface area (Å²) in [5, 5.41) is 10.2. The normalized spacial score (nSPS) is 21.6. The van der Waals surface area contributed by atoms with Crippen LogP contribution in [0.3, 0.4) is 0 Å². The number of fused-ring (bicyclic) bond motifs is 2. The number of hydrogen-bond acceptors (Lipinski definition) is 5. The third-order valence-electron chi connectivity index (χ3n) is 5.11. The van der Waals surface area contributed by atoms with Gasteiger partial charge in [-0.15, -0.1) is 0 Å². The average Bonchev–Trinajstić information content (AvgIpc) is 3.30. The highest BCUT2D eigenvalue weighted by molar-refractivity contribution is 6.34. The number of benzene rings is 2. The molecular formula is C20H16N4O3. The molecule has 1 saturated heterocycles. The van der Waals surface area contributed by atoms with Crippen LogP contribution in [0.25, 0.3) is 10.8 Å². The summed E-state index contributed by atoms with van der Waals surface area (Å²) in [6, 6.07) is 13.2. The minimum atomic E-state index is -0.925. The summed E-state index contributed by atoms with van der Waals surface area (Å²) in [5.74, 6) is -1.46. The van der Waals surface area contributed by atoms with Crippen molar-refractivity contribution in [2.45, 2.75) is 13.0 Å². The van der Waals surface area contributed by atoms with Crippen molar-refractivity contribution in [1.29, 1.82) is 0 Å². The Hall–Kier alpha value is -3.48. The standard InChI is InChI=1S/C20H16N4O3/c1-11-14(10-23(2)21-11)17-16-18(27-22-17)20(26)24(19(16)25)15-9-5-7-12-6-3-4-8-13(12)15/h3-10,16,18H,1-2H3/t16-,18+/m1/s1. The zero-order valence-electron chi connectivity index (χ0n) is 14.8. The molecule has 0 N–H and O–H groups in total. The highest BCUT2D eigenvalue weighted by Crippen LogP contribution is 2.38. The molecule has 0 spiro atoms. The summed E-state index contributed by atoms with van der Waals surface area (Å²) >= 11 is 0. The smallest absolute Gasteiger partial charge is 0.278 e. The van der Waals surface area contributed by atoms with Crippen LogP contribution in [0.2, 0.25) is 0 Å². The second-order valence-electron chi connectivity index (χ2n) is 6.79. The lowest BCUT2D eigenvalue weighted by molar-refractivity contribution is -0.126. The van der Waals surface area contributed by atoms with Gasteiger partial charge in [-0.3, -0.25) is 14.3 Å². The SMILES string of the molecule is Cc1nn(C)cc1C1=NO[C@@H]2C(=O)N(c3cccc4ccccc34)C(=O)[C@H]12. The first-order chi connectivity index (χ1) is 13.1. The van der Waals surface area contributed by atoms with Gasteiger partial charge in [-0.1, -0.05) is 41.6 Å². The van der Waals surface area contributed by atoms with Crippen molar-refractivity contribution in [3.63, 3.8) is 0 Å². The summed E-state index contributed by atoms with van der Waals surface area (Å²) in [6.07, 6.45) is 0.865. The number of imide groups is 1. The molecule has 3 heterocycles. The second-order valence-corrected chi connectivity index (χ2v) is 6.79. The maximum atomic E-state index is 13.3. The Morgan fingerprint density at radius 2 is 1.81 bits per heavy atom. The van der Waals surface area contributed by atoms with E-state index >= 15 is 0 Å². The van der Waals surface area contributed by atoms with Gasteiger partial charge in [0, 0.05) is 24.2 Å². The zero-order chi connectivity index (χ0) is 18.7. The van der Waals surface area contributed by atoms with Crippen LogP contribution in [-0.4, -0.2) is 33.4 Å². The first-order valence-corrected chi connectivity index (χ1v) is 8.66. The van der Waals surface area contributed by atoms with Crippen LogP contribution in [0.15, 0.2) is 53.8 Å². The van der Waals surface area contributed by atoms with E-state index in [9.17, 15) is 9.59 Å². The number of carbonyl (C=O) groups is 2. The molecule has 2 atom stereocenters. The maximum absolute atomic E-state index is 13.3. The molecule has 0 aliphatic carbocycles. The second kappa shape index (κ2) is 5.51. The van der Waals surface area contributed by atoms with Gasteiger partial charge >= 0.3 is 0 Å². The van der Waals surface area contributed by atoms with Crippen LogP contribution in [-0.2, 0) is 21.5 Å². The lowest BCUT2D eigenvalue weighted by Gasteiger charge is -2.17. The van der Waals surface area contributed by atoms with Crippen LogP contribution in [0, 0.1) is 12.8 Å². The van der Waals surface area contributed by atoms with Gasteiger partial charge < -0.3 is 4.84 Å². The van der Waals surface area contributed by atoms with Crippen molar-refractivity contribution in [3.05, 3.63) is 59.9 Å².